The molecular formula is C17H36IN3O3S. The summed E-state index contributed by atoms with van der Waals surface area (Å²) in [6.45, 7) is 9.62. The van der Waals surface area contributed by atoms with Gasteiger partial charge in [-0.2, -0.15) is 0 Å². The normalized spacial score (nSPS) is 16.9. The maximum Gasteiger partial charge on any atom is 0.191 e. The Kier molecular flexibility index (Phi) is 12.3. The van der Waals surface area contributed by atoms with Crippen LogP contribution in [-0.4, -0.2) is 59.2 Å². The molecule has 0 aromatic heterocycles. The van der Waals surface area contributed by atoms with Crippen molar-refractivity contribution in [1.82, 2.24) is 10.6 Å². The SMILES string of the molecule is CCNC(=NCC1(CC(C)C)CCC1)NCCOCCS(C)(=O)=O.I. The molecule has 0 atom stereocenters. The molecule has 8 heteroatoms. The largest absolute Gasteiger partial charge is 0.379 e. The zero-order valence-corrected chi connectivity index (χ0v) is 19.3. The van der Waals surface area contributed by atoms with E-state index in [4.69, 9.17) is 9.73 Å². The Morgan fingerprint density at radius 2 is 1.92 bits per heavy atom. The highest BCUT2D eigenvalue weighted by molar-refractivity contribution is 14.0. The summed E-state index contributed by atoms with van der Waals surface area (Å²) in [7, 11) is -2.95. The van der Waals surface area contributed by atoms with Crippen molar-refractivity contribution in [3.63, 3.8) is 0 Å². The number of rotatable bonds is 11. The summed E-state index contributed by atoms with van der Waals surface area (Å²) in [5.41, 5.74) is 0.391. The molecule has 0 radical (unpaired) electrons. The zero-order chi connectivity index (χ0) is 18.1. The quantitative estimate of drug-likeness (QED) is 0.202. The number of aliphatic imine (C=N–C) groups is 1. The first-order valence-corrected chi connectivity index (χ1v) is 11.1. The number of hydrogen-bond acceptors (Lipinski definition) is 4. The van der Waals surface area contributed by atoms with E-state index in [1.54, 1.807) is 0 Å². The number of nitrogens with one attached hydrogen (secondary N) is 2. The van der Waals surface area contributed by atoms with Gasteiger partial charge < -0.3 is 15.4 Å². The molecule has 6 nitrogen and oxygen atoms in total. The standard InChI is InChI=1S/C17H35N3O3S.HI/c1-5-18-16(19-9-10-23-11-12-24(4,21)22)20-14-17(7-6-8-17)13-15(2)3;/h15H,5-14H2,1-4H3,(H2,18,19,20);1H. The van der Waals surface area contributed by atoms with E-state index in [1.807, 2.05) is 6.92 Å². The lowest BCUT2D eigenvalue weighted by Crippen LogP contribution is -2.41. The van der Waals surface area contributed by atoms with Crippen LogP contribution in [0.2, 0.25) is 0 Å². The molecule has 2 N–H and O–H groups in total. The number of guanidine groups is 1. The summed E-state index contributed by atoms with van der Waals surface area (Å²) < 4.78 is 27.4. The predicted molar refractivity (Wildman–Crippen MR) is 116 cm³/mol. The maximum absolute atomic E-state index is 11.0. The second kappa shape index (κ2) is 12.3. The Bertz CT molecular complexity index is 491. The average Bonchev–Trinajstić information content (AvgIpc) is 2.43. The monoisotopic (exact) mass is 489 g/mol. The van der Waals surface area contributed by atoms with E-state index in [0.717, 1.165) is 19.0 Å². The number of nitrogens with zero attached hydrogens (tertiary/aromatic N) is 1. The van der Waals surface area contributed by atoms with Crippen molar-refractivity contribution in [3.05, 3.63) is 0 Å². The smallest absolute Gasteiger partial charge is 0.191 e. The van der Waals surface area contributed by atoms with Crippen molar-refractivity contribution in [2.24, 2.45) is 16.3 Å². The van der Waals surface area contributed by atoms with Crippen molar-refractivity contribution in [2.45, 2.75) is 46.5 Å². The van der Waals surface area contributed by atoms with Crippen LogP contribution in [0.4, 0.5) is 0 Å². The molecule has 0 unspecified atom stereocenters. The lowest BCUT2D eigenvalue weighted by molar-refractivity contribution is 0.111. The van der Waals surface area contributed by atoms with Crippen LogP contribution in [0.3, 0.4) is 0 Å². The lowest BCUT2D eigenvalue weighted by atomic mass is 9.64. The molecule has 1 aliphatic rings. The molecule has 1 aliphatic carbocycles. The van der Waals surface area contributed by atoms with Gasteiger partial charge in [0, 0.05) is 25.9 Å². The van der Waals surface area contributed by atoms with Crippen LogP contribution in [-0.2, 0) is 14.6 Å². The second-order valence-corrected chi connectivity index (χ2v) is 9.58. The highest BCUT2D eigenvalue weighted by atomic mass is 127. The van der Waals surface area contributed by atoms with Crippen LogP contribution in [0.1, 0.15) is 46.5 Å². The number of sulfone groups is 1. The van der Waals surface area contributed by atoms with E-state index < -0.39 is 9.84 Å². The first kappa shape index (κ1) is 24.9. The molecule has 1 rings (SSSR count). The fourth-order valence-corrected chi connectivity index (χ4v) is 3.53. The Morgan fingerprint density at radius 1 is 1.24 bits per heavy atom. The van der Waals surface area contributed by atoms with Gasteiger partial charge in [-0.05, 0) is 37.5 Å². The molecule has 150 valence electrons. The zero-order valence-electron chi connectivity index (χ0n) is 16.1. The molecular weight excluding hydrogens is 453 g/mol. The van der Waals surface area contributed by atoms with Gasteiger partial charge in [-0.3, -0.25) is 4.99 Å². The Labute approximate surface area is 170 Å². The van der Waals surface area contributed by atoms with Crippen molar-refractivity contribution >= 4 is 39.8 Å². The first-order chi connectivity index (χ1) is 11.3. The minimum absolute atomic E-state index is 0. The minimum atomic E-state index is -2.95. The number of halogens is 1. The van der Waals surface area contributed by atoms with Crippen molar-refractivity contribution in [1.29, 1.82) is 0 Å². The van der Waals surface area contributed by atoms with Gasteiger partial charge in [0.15, 0.2) is 5.96 Å². The second-order valence-electron chi connectivity index (χ2n) is 7.32. The van der Waals surface area contributed by atoms with Gasteiger partial charge in [0.1, 0.15) is 9.84 Å². The molecule has 1 saturated carbocycles. The topological polar surface area (TPSA) is 79.8 Å². The van der Waals surface area contributed by atoms with Crippen LogP contribution in [0.15, 0.2) is 4.99 Å². The van der Waals surface area contributed by atoms with E-state index in [0.29, 0.717) is 24.5 Å². The van der Waals surface area contributed by atoms with Crippen LogP contribution >= 0.6 is 24.0 Å². The number of ether oxygens (including phenoxy) is 1. The van der Waals surface area contributed by atoms with Crippen LogP contribution in [0.25, 0.3) is 0 Å². The summed E-state index contributed by atoms with van der Waals surface area (Å²) in [5, 5.41) is 6.52. The van der Waals surface area contributed by atoms with Gasteiger partial charge in [0.25, 0.3) is 0 Å². The van der Waals surface area contributed by atoms with Crippen molar-refractivity contribution in [2.75, 3.05) is 44.9 Å². The fourth-order valence-electron chi connectivity index (χ4n) is 3.11. The van der Waals surface area contributed by atoms with E-state index in [9.17, 15) is 8.42 Å². The summed E-state index contributed by atoms with van der Waals surface area (Å²) in [6, 6.07) is 0. The summed E-state index contributed by atoms with van der Waals surface area (Å²) >= 11 is 0. The molecule has 0 aliphatic heterocycles. The minimum Gasteiger partial charge on any atom is -0.379 e. The summed E-state index contributed by atoms with van der Waals surface area (Å²) in [6.07, 6.45) is 6.34. The van der Waals surface area contributed by atoms with Gasteiger partial charge in [0.2, 0.25) is 0 Å². The fraction of sp³-hybridized carbons (Fsp3) is 0.941. The van der Waals surface area contributed by atoms with Crippen LogP contribution in [0, 0.1) is 11.3 Å². The Hall–Kier alpha value is -0.0900. The first-order valence-electron chi connectivity index (χ1n) is 9.04. The van der Waals surface area contributed by atoms with E-state index in [-0.39, 0.29) is 36.3 Å². The molecule has 0 amide bonds. The summed E-state index contributed by atoms with van der Waals surface area (Å²) in [5.74, 6) is 1.59. The predicted octanol–water partition coefficient (Wildman–Crippen LogP) is 2.44. The molecule has 0 aromatic carbocycles. The summed E-state index contributed by atoms with van der Waals surface area (Å²) in [4.78, 5) is 4.76. The molecule has 25 heavy (non-hydrogen) atoms. The third kappa shape index (κ3) is 11.3. The van der Waals surface area contributed by atoms with Gasteiger partial charge in [-0.25, -0.2) is 8.42 Å². The van der Waals surface area contributed by atoms with E-state index in [1.165, 1.54) is 31.9 Å². The Balaban J connectivity index is 0.00000576. The van der Waals surface area contributed by atoms with Crippen LogP contribution < -0.4 is 10.6 Å². The molecule has 0 heterocycles. The molecule has 0 saturated heterocycles. The average molecular weight is 489 g/mol. The third-order valence-electron chi connectivity index (χ3n) is 4.31. The highest BCUT2D eigenvalue weighted by Crippen LogP contribution is 2.46. The van der Waals surface area contributed by atoms with Gasteiger partial charge >= 0.3 is 0 Å². The third-order valence-corrected chi connectivity index (χ3v) is 5.22. The van der Waals surface area contributed by atoms with Gasteiger partial charge in [-0.1, -0.05) is 20.3 Å². The molecule has 0 bridgehead atoms. The van der Waals surface area contributed by atoms with Gasteiger partial charge in [-0.15, -0.1) is 24.0 Å². The van der Waals surface area contributed by atoms with E-state index >= 15 is 0 Å². The Morgan fingerprint density at radius 3 is 2.40 bits per heavy atom. The number of hydrogen-bond donors (Lipinski definition) is 2. The van der Waals surface area contributed by atoms with Crippen LogP contribution in [0.5, 0.6) is 0 Å². The molecule has 1 fully saturated rings. The highest BCUT2D eigenvalue weighted by Gasteiger charge is 2.37. The van der Waals surface area contributed by atoms with Crippen molar-refractivity contribution < 1.29 is 13.2 Å². The molecule has 0 aromatic rings. The maximum atomic E-state index is 11.0. The lowest BCUT2D eigenvalue weighted by Gasteiger charge is -2.42. The van der Waals surface area contributed by atoms with Gasteiger partial charge in [0.05, 0.1) is 19.0 Å². The van der Waals surface area contributed by atoms with E-state index in [2.05, 4.69) is 24.5 Å². The molecule has 0 spiro atoms. The van der Waals surface area contributed by atoms with Crippen molar-refractivity contribution in [3.8, 4) is 0 Å².